The summed E-state index contributed by atoms with van der Waals surface area (Å²) in [6, 6.07) is 22.3. The van der Waals surface area contributed by atoms with Crippen molar-refractivity contribution in [2.45, 2.75) is 19.6 Å². The number of fused-ring (bicyclic) bond motifs is 2. The van der Waals surface area contributed by atoms with E-state index in [4.69, 9.17) is 9.72 Å². The molecule has 0 aliphatic heterocycles. The van der Waals surface area contributed by atoms with Gasteiger partial charge >= 0.3 is 0 Å². The zero-order valence-corrected chi connectivity index (χ0v) is 13.9. The summed E-state index contributed by atoms with van der Waals surface area (Å²) in [6.45, 7) is 1.29. The molecule has 25 heavy (non-hydrogen) atoms. The third kappa shape index (κ3) is 3.08. The Hall–Kier alpha value is -2.85. The van der Waals surface area contributed by atoms with Gasteiger partial charge in [0.15, 0.2) is 0 Å². The van der Waals surface area contributed by atoms with Gasteiger partial charge in [-0.15, -0.1) is 0 Å². The molecule has 0 saturated carbocycles. The molecular formula is C21H20N2O2. The van der Waals surface area contributed by atoms with Crippen LogP contribution in [0.15, 0.2) is 66.7 Å². The fraction of sp³-hybridized carbons (Fsp3) is 0.190. The van der Waals surface area contributed by atoms with Crippen molar-refractivity contribution in [1.82, 2.24) is 9.55 Å². The van der Waals surface area contributed by atoms with Gasteiger partial charge in [-0.2, -0.15) is 0 Å². The lowest BCUT2D eigenvalue weighted by Gasteiger charge is -2.11. The molecule has 0 bridgehead atoms. The van der Waals surface area contributed by atoms with E-state index >= 15 is 0 Å². The van der Waals surface area contributed by atoms with Crippen molar-refractivity contribution >= 4 is 21.8 Å². The number of rotatable bonds is 6. The molecule has 1 N–H and O–H groups in total. The van der Waals surface area contributed by atoms with Crippen molar-refractivity contribution in [3.05, 3.63) is 72.6 Å². The summed E-state index contributed by atoms with van der Waals surface area (Å²) in [5, 5.41) is 11.5. The third-order valence-electron chi connectivity index (χ3n) is 4.38. The van der Waals surface area contributed by atoms with Gasteiger partial charge < -0.3 is 14.4 Å². The highest BCUT2D eigenvalue weighted by Crippen LogP contribution is 2.26. The molecule has 3 aromatic carbocycles. The average molecular weight is 332 g/mol. The fourth-order valence-corrected chi connectivity index (χ4v) is 3.18. The second kappa shape index (κ2) is 6.95. The van der Waals surface area contributed by atoms with Gasteiger partial charge in [0.25, 0.3) is 0 Å². The van der Waals surface area contributed by atoms with E-state index in [-0.39, 0.29) is 6.61 Å². The second-order valence-corrected chi connectivity index (χ2v) is 6.01. The maximum Gasteiger partial charge on any atom is 0.147 e. The average Bonchev–Trinajstić information content (AvgIpc) is 3.02. The predicted octanol–water partition coefficient (Wildman–Crippen LogP) is 4.15. The van der Waals surface area contributed by atoms with E-state index in [0.29, 0.717) is 13.0 Å². The number of ether oxygens (including phenoxy) is 1. The lowest BCUT2D eigenvalue weighted by molar-refractivity contribution is 0.270. The molecule has 1 aromatic heterocycles. The number of aliphatic hydroxyl groups is 1. The van der Waals surface area contributed by atoms with Crippen LogP contribution in [0.5, 0.6) is 5.75 Å². The number of aliphatic hydroxyl groups excluding tert-OH is 1. The van der Waals surface area contributed by atoms with Crippen LogP contribution in [0.25, 0.3) is 21.8 Å². The minimum atomic E-state index is 0.163. The molecule has 4 nitrogen and oxygen atoms in total. The minimum absolute atomic E-state index is 0.163. The number of aryl methyl sites for hydroxylation is 1. The van der Waals surface area contributed by atoms with Crippen LogP contribution in [0.1, 0.15) is 12.2 Å². The summed E-state index contributed by atoms with van der Waals surface area (Å²) in [5.41, 5.74) is 2.03. The van der Waals surface area contributed by atoms with E-state index in [1.807, 2.05) is 42.5 Å². The van der Waals surface area contributed by atoms with Crippen LogP contribution in [-0.4, -0.2) is 21.3 Å². The molecule has 0 aliphatic carbocycles. The molecule has 4 heteroatoms. The highest BCUT2D eigenvalue weighted by molar-refractivity contribution is 5.88. The zero-order valence-electron chi connectivity index (χ0n) is 13.9. The van der Waals surface area contributed by atoms with Crippen LogP contribution in [-0.2, 0) is 13.2 Å². The van der Waals surface area contributed by atoms with Gasteiger partial charge in [-0.25, -0.2) is 4.98 Å². The summed E-state index contributed by atoms with van der Waals surface area (Å²) < 4.78 is 8.25. The minimum Gasteiger partial charge on any atom is -0.485 e. The Morgan fingerprint density at radius 3 is 2.64 bits per heavy atom. The summed E-state index contributed by atoms with van der Waals surface area (Å²) in [5.74, 6) is 1.74. The second-order valence-electron chi connectivity index (χ2n) is 6.01. The van der Waals surface area contributed by atoms with Gasteiger partial charge in [0.2, 0.25) is 0 Å². The largest absolute Gasteiger partial charge is 0.485 e. The Bertz CT molecular complexity index is 1000. The predicted molar refractivity (Wildman–Crippen MR) is 99.7 cm³/mol. The molecular weight excluding hydrogens is 312 g/mol. The molecule has 0 fully saturated rings. The van der Waals surface area contributed by atoms with Gasteiger partial charge in [-0.1, -0.05) is 48.5 Å². The Kier molecular flexibility index (Phi) is 4.36. The van der Waals surface area contributed by atoms with Crippen molar-refractivity contribution in [3.8, 4) is 5.75 Å². The molecule has 0 radical (unpaired) electrons. The first-order valence-corrected chi connectivity index (χ1v) is 8.52. The summed E-state index contributed by atoms with van der Waals surface area (Å²) in [6.07, 6.45) is 0.696. The summed E-state index contributed by atoms with van der Waals surface area (Å²) in [4.78, 5) is 4.72. The van der Waals surface area contributed by atoms with Gasteiger partial charge in [0.1, 0.15) is 18.2 Å². The van der Waals surface area contributed by atoms with Crippen molar-refractivity contribution in [3.63, 3.8) is 0 Å². The number of benzene rings is 3. The lowest BCUT2D eigenvalue weighted by atomic mass is 10.1. The summed E-state index contributed by atoms with van der Waals surface area (Å²) >= 11 is 0. The molecule has 0 spiro atoms. The molecule has 1 heterocycles. The number of aromatic nitrogens is 2. The van der Waals surface area contributed by atoms with Crippen molar-refractivity contribution in [2.75, 3.05) is 6.61 Å². The molecule has 0 amide bonds. The van der Waals surface area contributed by atoms with Crippen LogP contribution in [0.4, 0.5) is 0 Å². The van der Waals surface area contributed by atoms with E-state index in [9.17, 15) is 5.11 Å². The number of hydrogen-bond acceptors (Lipinski definition) is 3. The van der Waals surface area contributed by atoms with Crippen LogP contribution >= 0.6 is 0 Å². The van der Waals surface area contributed by atoms with Gasteiger partial charge in [-0.05, 0) is 30.0 Å². The molecule has 0 atom stereocenters. The first-order chi connectivity index (χ1) is 12.4. The van der Waals surface area contributed by atoms with E-state index < -0.39 is 0 Å². The maximum atomic E-state index is 9.19. The molecule has 4 aromatic rings. The highest BCUT2D eigenvalue weighted by atomic mass is 16.5. The maximum absolute atomic E-state index is 9.19. The van der Waals surface area contributed by atoms with Crippen molar-refractivity contribution in [1.29, 1.82) is 0 Å². The molecule has 0 unspecified atom stereocenters. The van der Waals surface area contributed by atoms with Crippen LogP contribution in [0.3, 0.4) is 0 Å². The van der Waals surface area contributed by atoms with Crippen LogP contribution in [0.2, 0.25) is 0 Å². The number of nitrogens with zero attached hydrogens (tertiary/aromatic N) is 2. The van der Waals surface area contributed by atoms with Gasteiger partial charge in [-0.3, -0.25) is 0 Å². The molecule has 0 aliphatic rings. The first kappa shape index (κ1) is 15.7. The van der Waals surface area contributed by atoms with E-state index in [1.54, 1.807) is 0 Å². The Labute approximate surface area is 146 Å². The Morgan fingerprint density at radius 2 is 1.72 bits per heavy atom. The van der Waals surface area contributed by atoms with Crippen molar-refractivity contribution in [2.24, 2.45) is 0 Å². The third-order valence-corrected chi connectivity index (χ3v) is 4.38. The molecule has 4 rings (SSSR count). The summed E-state index contributed by atoms with van der Waals surface area (Å²) in [7, 11) is 0. The monoisotopic (exact) mass is 332 g/mol. The smallest absolute Gasteiger partial charge is 0.147 e. The normalized spacial score (nSPS) is 11.2. The molecule has 126 valence electrons. The first-order valence-electron chi connectivity index (χ1n) is 8.52. The lowest BCUT2D eigenvalue weighted by Crippen LogP contribution is -2.08. The van der Waals surface area contributed by atoms with Gasteiger partial charge in [0.05, 0.1) is 11.0 Å². The number of hydrogen-bond donors (Lipinski definition) is 1. The zero-order chi connectivity index (χ0) is 17.1. The standard InChI is InChI=1S/C21H20N2O2/c24-14-6-13-23-19-11-4-3-10-18(19)22-21(23)15-25-20-12-5-8-16-7-1-2-9-17(16)20/h1-5,7-12,24H,6,13-15H2. The SMILES string of the molecule is OCCCn1c(COc2cccc3ccccc23)nc2ccccc21. The van der Waals surface area contributed by atoms with Gasteiger partial charge in [0, 0.05) is 18.5 Å². The van der Waals surface area contributed by atoms with E-state index in [1.165, 1.54) is 0 Å². The van der Waals surface area contributed by atoms with Crippen LogP contribution in [0, 0.1) is 0 Å². The number of para-hydroxylation sites is 2. The van der Waals surface area contributed by atoms with Crippen LogP contribution < -0.4 is 4.74 Å². The fourth-order valence-electron chi connectivity index (χ4n) is 3.18. The number of imidazole rings is 1. The van der Waals surface area contributed by atoms with E-state index in [0.717, 1.165) is 39.9 Å². The molecule has 0 saturated heterocycles. The van der Waals surface area contributed by atoms with Crippen molar-refractivity contribution < 1.29 is 9.84 Å². The Morgan fingerprint density at radius 1 is 0.920 bits per heavy atom. The topological polar surface area (TPSA) is 47.3 Å². The quantitative estimate of drug-likeness (QED) is 0.577. The highest BCUT2D eigenvalue weighted by Gasteiger charge is 2.11. The van der Waals surface area contributed by atoms with E-state index in [2.05, 4.69) is 28.8 Å². The Balaban J connectivity index is 1.66.